The zero-order valence-corrected chi connectivity index (χ0v) is 11.4. The Labute approximate surface area is 117 Å². The zero-order chi connectivity index (χ0) is 14.4. The lowest BCUT2D eigenvalue weighted by atomic mass is 9.97. The number of hydrogen-bond acceptors (Lipinski definition) is 4. The summed E-state index contributed by atoms with van der Waals surface area (Å²) in [6.45, 7) is -0.288. The lowest BCUT2D eigenvalue weighted by Gasteiger charge is -2.20. The molecule has 7 heteroatoms. The molecule has 0 bridgehead atoms. The molecular weight excluding hydrogens is 260 g/mol. The van der Waals surface area contributed by atoms with E-state index in [0.29, 0.717) is 0 Å². The first kappa shape index (κ1) is 14.5. The highest BCUT2D eigenvalue weighted by Crippen LogP contribution is 2.17. The van der Waals surface area contributed by atoms with Crippen molar-refractivity contribution in [2.75, 3.05) is 0 Å². The molecule has 7 nitrogen and oxygen atoms in total. The first-order valence-electron chi connectivity index (χ1n) is 7.08. The SMILES string of the molecule is O=C(O)Cn1cc(C(=O)NC2CCCCCCC2)nn1. The number of carbonyl (C=O) groups excluding carboxylic acids is 1. The first-order valence-corrected chi connectivity index (χ1v) is 7.08. The molecule has 2 N–H and O–H groups in total. The van der Waals surface area contributed by atoms with Gasteiger partial charge in [-0.25, -0.2) is 4.68 Å². The van der Waals surface area contributed by atoms with Crippen molar-refractivity contribution in [3.05, 3.63) is 11.9 Å². The quantitative estimate of drug-likeness (QED) is 0.864. The average Bonchev–Trinajstić information content (AvgIpc) is 2.80. The Hall–Kier alpha value is -1.92. The molecule has 0 radical (unpaired) electrons. The summed E-state index contributed by atoms with van der Waals surface area (Å²) in [6.07, 6.45) is 9.36. The lowest BCUT2D eigenvalue weighted by Crippen LogP contribution is -2.35. The molecule has 1 aromatic heterocycles. The molecule has 20 heavy (non-hydrogen) atoms. The number of nitrogens with zero attached hydrogens (tertiary/aromatic N) is 3. The minimum atomic E-state index is -1.01. The molecule has 1 saturated carbocycles. The second-order valence-corrected chi connectivity index (χ2v) is 5.21. The predicted octanol–water partition coefficient (Wildman–Crippen LogP) is 1.21. The number of hydrogen-bond donors (Lipinski definition) is 2. The number of amides is 1. The largest absolute Gasteiger partial charge is 0.480 e. The van der Waals surface area contributed by atoms with E-state index in [1.54, 1.807) is 0 Å². The number of rotatable bonds is 4. The van der Waals surface area contributed by atoms with E-state index in [-0.39, 0.29) is 24.2 Å². The van der Waals surface area contributed by atoms with Crippen molar-refractivity contribution in [3.8, 4) is 0 Å². The summed E-state index contributed by atoms with van der Waals surface area (Å²) in [4.78, 5) is 22.6. The van der Waals surface area contributed by atoms with Crippen LogP contribution < -0.4 is 5.32 Å². The molecule has 0 saturated heterocycles. The van der Waals surface area contributed by atoms with Crippen LogP contribution >= 0.6 is 0 Å². The highest BCUT2D eigenvalue weighted by atomic mass is 16.4. The van der Waals surface area contributed by atoms with Gasteiger partial charge in [-0.2, -0.15) is 0 Å². The molecule has 1 aromatic rings. The standard InChI is InChI=1S/C13H20N4O3/c18-12(19)9-17-8-11(15-16-17)13(20)14-10-6-4-2-1-3-5-7-10/h8,10H,1-7,9H2,(H,14,20)(H,18,19). The van der Waals surface area contributed by atoms with Crippen LogP contribution in [0.2, 0.25) is 0 Å². The van der Waals surface area contributed by atoms with Crippen molar-refractivity contribution in [3.63, 3.8) is 0 Å². The Bertz CT molecular complexity index is 464. The van der Waals surface area contributed by atoms with Crippen LogP contribution in [0.3, 0.4) is 0 Å². The molecule has 1 fully saturated rings. The lowest BCUT2D eigenvalue weighted by molar-refractivity contribution is -0.137. The van der Waals surface area contributed by atoms with Crippen LogP contribution in [0.5, 0.6) is 0 Å². The van der Waals surface area contributed by atoms with Gasteiger partial charge in [0.25, 0.3) is 5.91 Å². The maximum atomic E-state index is 12.0. The fourth-order valence-corrected chi connectivity index (χ4v) is 2.48. The maximum absolute atomic E-state index is 12.0. The second kappa shape index (κ2) is 7.02. The van der Waals surface area contributed by atoms with Crippen molar-refractivity contribution >= 4 is 11.9 Å². The summed E-state index contributed by atoms with van der Waals surface area (Å²) in [6, 6.07) is 0.187. The molecule has 0 unspecified atom stereocenters. The smallest absolute Gasteiger partial charge is 0.325 e. The highest BCUT2D eigenvalue weighted by molar-refractivity contribution is 5.92. The van der Waals surface area contributed by atoms with Gasteiger partial charge in [-0.05, 0) is 12.8 Å². The van der Waals surface area contributed by atoms with E-state index in [0.717, 1.165) is 30.4 Å². The van der Waals surface area contributed by atoms with Gasteiger partial charge in [-0.1, -0.05) is 37.3 Å². The van der Waals surface area contributed by atoms with Crippen molar-refractivity contribution in [1.29, 1.82) is 0 Å². The van der Waals surface area contributed by atoms with Crippen molar-refractivity contribution < 1.29 is 14.7 Å². The monoisotopic (exact) mass is 280 g/mol. The van der Waals surface area contributed by atoms with E-state index >= 15 is 0 Å². The normalized spacial score (nSPS) is 17.2. The Morgan fingerprint density at radius 2 is 1.90 bits per heavy atom. The van der Waals surface area contributed by atoms with Crippen LogP contribution in [0.4, 0.5) is 0 Å². The Kier molecular flexibility index (Phi) is 5.09. The molecule has 110 valence electrons. The van der Waals surface area contributed by atoms with Crippen LogP contribution in [0, 0.1) is 0 Å². The Morgan fingerprint density at radius 1 is 1.25 bits per heavy atom. The fraction of sp³-hybridized carbons (Fsp3) is 0.692. The summed E-state index contributed by atoms with van der Waals surface area (Å²) < 4.78 is 1.15. The third kappa shape index (κ3) is 4.32. The number of carboxylic acids is 1. The first-order chi connectivity index (χ1) is 9.65. The number of carboxylic acid groups (broad SMARTS) is 1. The molecule has 0 spiro atoms. The van der Waals surface area contributed by atoms with Gasteiger partial charge in [0.15, 0.2) is 5.69 Å². The van der Waals surface area contributed by atoms with E-state index in [1.807, 2.05) is 0 Å². The van der Waals surface area contributed by atoms with Gasteiger partial charge in [0.2, 0.25) is 0 Å². The summed E-state index contributed by atoms with van der Waals surface area (Å²) in [5.74, 6) is -1.28. The topological polar surface area (TPSA) is 97.1 Å². The van der Waals surface area contributed by atoms with Gasteiger partial charge in [0.1, 0.15) is 6.54 Å². The van der Waals surface area contributed by atoms with E-state index in [2.05, 4.69) is 15.6 Å². The van der Waals surface area contributed by atoms with Crippen LogP contribution in [-0.2, 0) is 11.3 Å². The number of aliphatic carboxylic acids is 1. The molecule has 2 rings (SSSR count). The van der Waals surface area contributed by atoms with Crippen LogP contribution in [0.15, 0.2) is 6.20 Å². The van der Waals surface area contributed by atoms with Gasteiger partial charge in [-0.15, -0.1) is 5.10 Å². The molecule has 1 aliphatic rings. The maximum Gasteiger partial charge on any atom is 0.325 e. The third-order valence-electron chi connectivity index (χ3n) is 3.51. The molecule has 1 aliphatic carbocycles. The summed E-state index contributed by atoms with van der Waals surface area (Å²) in [7, 11) is 0. The van der Waals surface area contributed by atoms with Crippen LogP contribution in [-0.4, -0.2) is 38.0 Å². The Morgan fingerprint density at radius 3 is 2.55 bits per heavy atom. The fourth-order valence-electron chi connectivity index (χ4n) is 2.48. The number of nitrogens with one attached hydrogen (secondary N) is 1. The van der Waals surface area contributed by atoms with Crippen molar-refractivity contribution in [1.82, 2.24) is 20.3 Å². The minimum Gasteiger partial charge on any atom is -0.480 e. The molecule has 1 amide bonds. The average molecular weight is 280 g/mol. The molecule has 0 aliphatic heterocycles. The summed E-state index contributed by atoms with van der Waals surface area (Å²) in [5, 5.41) is 19.0. The van der Waals surface area contributed by atoms with Crippen LogP contribution in [0.25, 0.3) is 0 Å². The van der Waals surface area contributed by atoms with Gasteiger partial charge < -0.3 is 10.4 Å². The summed E-state index contributed by atoms with van der Waals surface area (Å²) in [5.41, 5.74) is 0.174. The van der Waals surface area contributed by atoms with Crippen molar-refractivity contribution in [2.24, 2.45) is 0 Å². The van der Waals surface area contributed by atoms with Crippen molar-refractivity contribution in [2.45, 2.75) is 57.5 Å². The minimum absolute atomic E-state index is 0.174. The van der Waals surface area contributed by atoms with Gasteiger partial charge >= 0.3 is 5.97 Å². The van der Waals surface area contributed by atoms with Crippen LogP contribution in [0.1, 0.15) is 55.4 Å². The summed E-state index contributed by atoms with van der Waals surface area (Å²) >= 11 is 0. The molecule has 0 atom stereocenters. The van der Waals surface area contributed by atoms with Gasteiger partial charge in [-0.3, -0.25) is 9.59 Å². The molecule has 0 aromatic carbocycles. The third-order valence-corrected chi connectivity index (χ3v) is 3.51. The van der Waals surface area contributed by atoms with Gasteiger partial charge in [0, 0.05) is 6.04 Å². The van der Waals surface area contributed by atoms with E-state index in [1.165, 1.54) is 25.5 Å². The highest BCUT2D eigenvalue weighted by Gasteiger charge is 2.17. The van der Waals surface area contributed by atoms with E-state index < -0.39 is 5.97 Å². The molecule has 1 heterocycles. The number of carbonyl (C=O) groups is 2. The molecular formula is C13H20N4O3. The predicted molar refractivity (Wildman–Crippen MR) is 71.2 cm³/mol. The van der Waals surface area contributed by atoms with E-state index in [4.69, 9.17) is 5.11 Å². The number of aromatic nitrogens is 3. The zero-order valence-electron chi connectivity index (χ0n) is 11.4. The Balaban J connectivity index is 1.89. The van der Waals surface area contributed by atoms with E-state index in [9.17, 15) is 9.59 Å². The van der Waals surface area contributed by atoms with Gasteiger partial charge in [0.05, 0.1) is 6.20 Å². The second-order valence-electron chi connectivity index (χ2n) is 5.21.